The molecule has 2 N–H and O–H groups in total. The minimum absolute atomic E-state index is 0.0417. The largest absolute Gasteiger partial charge is 0.573 e. The van der Waals surface area contributed by atoms with Crippen molar-refractivity contribution in [1.29, 1.82) is 0 Å². The zero-order valence-electron chi connectivity index (χ0n) is 15.1. The molecule has 3 rings (SSSR count). The molecule has 0 fully saturated rings. The zero-order valence-corrected chi connectivity index (χ0v) is 15.9. The van der Waals surface area contributed by atoms with E-state index in [0.717, 1.165) is 16.7 Å². The Bertz CT molecular complexity index is 833. The van der Waals surface area contributed by atoms with E-state index < -0.39 is 6.36 Å². The summed E-state index contributed by atoms with van der Waals surface area (Å²) in [6, 6.07) is 6.04. The average Bonchev–Trinajstić information content (AvgIpc) is 2.98. The van der Waals surface area contributed by atoms with Gasteiger partial charge in [0.05, 0.1) is 6.04 Å². The summed E-state index contributed by atoms with van der Waals surface area (Å²) in [5, 5.41) is 3.86. The van der Waals surface area contributed by atoms with Crippen molar-refractivity contribution in [1.82, 2.24) is 4.90 Å². The first kappa shape index (κ1) is 20.8. The Balaban J connectivity index is 0.000000223. The van der Waals surface area contributed by atoms with Crippen LogP contribution in [0, 0.1) is 6.92 Å². The molecule has 0 aliphatic carbocycles. The molecule has 2 heterocycles. The molecule has 0 bridgehead atoms. The van der Waals surface area contributed by atoms with Crippen molar-refractivity contribution in [2.24, 2.45) is 10.7 Å². The Labute approximate surface area is 159 Å². The van der Waals surface area contributed by atoms with Crippen LogP contribution in [0.2, 0.25) is 0 Å². The van der Waals surface area contributed by atoms with E-state index in [1.165, 1.54) is 28.4 Å². The van der Waals surface area contributed by atoms with Crippen molar-refractivity contribution in [3.05, 3.63) is 40.6 Å². The highest BCUT2D eigenvalue weighted by Crippen LogP contribution is 2.31. The Morgan fingerprint density at radius 1 is 1.33 bits per heavy atom. The molecule has 1 aromatic carbocycles. The van der Waals surface area contributed by atoms with Gasteiger partial charge in [-0.2, -0.15) is 11.3 Å². The van der Waals surface area contributed by atoms with Gasteiger partial charge in [0.25, 0.3) is 0 Å². The first-order valence-electron chi connectivity index (χ1n) is 8.05. The molecule has 1 aromatic heterocycles. The molecule has 1 amide bonds. The summed E-state index contributed by atoms with van der Waals surface area (Å²) < 4.78 is 40.1. The number of carbonyl (C=O) groups excluding carboxylic acids is 1. The van der Waals surface area contributed by atoms with E-state index in [-0.39, 0.29) is 17.7 Å². The molecule has 0 saturated carbocycles. The van der Waals surface area contributed by atoms with Crippen LogP contribution in [-0.2, 0) is 4.79 Å². The number of hydrogen-bond acceptors (Lipinski definition) is 5. The number of halogens is 3. The topological polar surface area (TPSA) is 67.9 Å². The third kappa shape index (κ3) is 5.99. The molecule has 9 heteroatoms. The van der Waals surface area contributed by atoms with Gasteiger partial charge in [-0.1, -0.05) is 12.1 Å². The van der Waals surface area contributed by atoms with Crippen molar-refractivity contribution in [2.45, 2.75) is 32.7 Å². The number of hydrogen-bond donors (Lipinski definition) is 1. The summed E-state index contributed by atoms with van der Waals surface area (Å²) in [6.07, 6.45) is -4.18. The van der Waals surface area contributed by atoms with Crippen LogP contribution in [0.25, 0.3) is 11.1 Å². The maximum atomic E-state index is 12.1. The van der Waals surface area contributed by atoms with Crippen molar-refractivity contribution < 1.29 is 22.7 Å². The van der Waals surface area contributed by atoms with Crippen molar-refractivity contribution in [3.63, 3.8) is 0 Å². The van der Waals surface area contributed by atoms with Crippen LogP contribution >= 0.6 is 11.3 Å². The summed E-state index contributed by atoms with van der Waals surface area (Å²) >= 11 is 1.52. The molecule has 5 nitrogen and oxygen atoms in total. The standard InChI is InChI=1S/C12H9F3OS.C6H11N3O/c1-8-6-17-7-11(8)9-3-2-4-10(5-9)16-12(13,14)15;1-4-3-5(10)9(2)6(7)8-4/h2-7H,1H3;4H,3H2,1-2H3,(H2,7,8). The van der Waals surface area contributed by atoms with Gasteiger partial charge < -0.3 is 10.5 Å². The van der Waals surface area contributed by atoms with Gasteiger partial charge in [-0.25, -0.2) is 4.99 Å². The molecule has 0 radical (unpaired) electrons. The van der Waals surface area contributed by atoms with Gasteiger partial charge in [0.1, 0.15) is 5.75 Å². The molecular formula is C18H20F3N3O2S. The highest BCUT2D eigenvalue weighted by atomic mass is 32.1. The van der Waals surface area contributed by atoms with E-state index in [9.17, 15) is 18.0 Å². The first-order valence-corrected chi connectivity index (χ1v) is 9.00. The number of alkyl halides is 3. The van der Waals surface area contributed by atoms with Gasteiger partial charge in [-0.05, 0) is 53.4 Å². The van der Waals surface area contributed by atoms with Crippen LogP contribution in [-0.4, -0.2) is 36.2 Å². The molecule has 27 heavy (non-hydrogen) atoms. The molecule has 2 aromatic rings. The molecule has 1 aliphatic rings. The van der Waals surface area contributed by atoms with E-state index in [1.54, 1.807) is 19.2 Å². The maximum absolute atomic E-state index is 12.1. The van der Waals surface area contributed by atoms with Crippen LogP contribution in [0.5, 0.6) is 5.75 Å². The molecule has 146 valence electrons. The minimum atomic E-state index is -4.65. The monoisotopic (exact) mass is 399 g/mol. The third-order valence-corrected chi connectivity index (χ3v) is 4.64. The molecule has 0 saturated heterocycles. The first-order chi connectivity index (χ1) is 12.6. The Morgan fingerprint density at radius 2 is 2.04 bits per heavy atom. The summed E-state index contributed by atoms with van der Waals surface area (Å²) in [6.45, 7) is 3.79. The fourth-order valence-electron chi connectivity index (χ4n) is 2.39. The van der Waals surface area contributed by atoms with E-state index in [2.05, 4.69) is 9.73 Å². The number of rotatable bonds is 2. The SMILES string of the molecule is CC1CC(=O)N(C)C(N)=N1.Cc1cscc1-c1cccc(OC(F)(F)F)c1. The molecule has 0 spiro atoms. The van der Waals surface area contributed by atoms with Crippen molar-refractivity contribution >= 4 is 23.2 Å². The van der Waals surface area contributed by atoms with Crippen LogP contribution in [0.1, 0.15) is 18.9 Å². The molecular weight excluding hydrogens is 379 g/mol. The lowest BCUT2D eigenvalue weighted by molar-refractivity contribution is -0.274. The predicted molar refractivity (Wildman–Crippen MR) is 99.6 cm³/mol. The zero-order chi connectivity index (χ0) is 20.2. The summed E-state index contributed by atoms with van der Waals surface area (Å²) in [7, 11) is 1.63. The Morgan fingerprint density at radius 3 is 2.59 bits per heavy atom. The van der Waals surface area contributed by atoms with Gasteiger partial charge in [-0.15, -0.1) is 13.2 Å². The minimum Gasteiger partial charge on any atom is -0.406 e. The Kier molecular flexibility index (Phi) is 6.48. The summed E-state index contributed by atoms with van der Waals surface area (Å²) in [5.41, 5.74) is 8.12. The lowest BCUT2D eigenvalue weighted by atomic mass is 10.1. The Hall–Kier alpha value is -2.55. The maximum Gasteiger partial charge on any atom is 0.573 e. The summed E-state index contributed by atoms with van der Waals surface area (Å²) in [5.74, 6) is 0.171. The summed E-state index contributed by atoms with van der Waals surface area (Å²) in [4.78, 5) is 16.4. The second-order valence-electron chi connectivity index (χ2n) is 6.04. The van der Waals surface area contributed by atoms with Gasteiger partial charge in [0.15, 0.2) is 5.96 Å². The van der Waals surface area contributed by atoms with Crippen LogP contribution in [0.15, 0.2) is 40.0 Å². The molecule has 1 unspecified atom stereocenters. The van der Waals surface area contributed by atoms with Gasteiger partial charge in [0.2, 0.25) is 5.91 Å². The normalized spacial score (nSPS) is 17.1. The average molecular weight is 399 g/mol. The number of aliphatic imine (C=N–C) groups is 1. The van der Waals surface area contributed by atoms with Gasteiger partial charge in [0, 0.05) is 13.5 Å². The number of ether oxygens (including phenoxy) is 1. The predicted octanol–water partition coefficient (Wildman–Crippen LogP) is 4.17. The van der Waals surface area contributed by atoms with Crippen LogP contribution in [0.4, 0.5) is 13.2 Å². The second-order valence-corrected chi connectivity index (χ2v) is 6.78. The van der Waals surface area contributed by atoms with Gasteiger partial charge >= 0.3 is 6.36 Å². The van der Waals surface area contributed by atoms with E-state index in [0.29, 0.717) is 12.4 Å². The van der Waals surface area contributed by atoms with Crippen LogP contribution in [0.3, 0.4) is 0 Å². The van der Waals surface area contributed by atoms with Gasteiger partial charge in [-0.3, -0.25) is 9.69 Å². The fraction of sp³-hybridized carbons (Fsp3) is 0.333. The number of aryl methyl sites for hydroxylation is 1. The number of thiophene rings is 1. The van der Waals surface area contributed by atoms with Crippen LogP contribution < -0.4 is 10.5 Å². The highest BCUT2D eigenvalue weighted by molar-refractivity contribution is 7.08. The number of nitrogens with two attached hydrogens (primary N) is 1. The number of benzene rings is 1. The molecule has 1 atom stereocenters. The smallest absolute Gasteiger partial charge is 0.406 e. The fourth-order valence-corrected chi connectivity index (χ4v) is 3.25. The van der Waals surface area contributed by atoms with Crippen molar-refractivity contribution in [2.75, 3.05) is 7.05 Å². The van der Waals surface area contributed by atoms with Crippen molar-refractivity contribution in [3.8, 4) is 16.9 Å². The van der Waals surface area contributed by atoms with E-state index in [4.69, 9.17) is 5.73 Å². The van der Waals surface area contributed by atoms with E-state index >= 15 is 0 Å². The number of nitrogens with zero attached hydrogens (tertiary/aromatic N) is 2. The number of carbonyl (C=O) groups is 1. The second kappa shape index (κ2) is 8.43. The molecule has 1 aliphatic heterocycles. The quantitative estimate of drug-likeness (QED) is 0.824. The lowest BCUT2D eigenvalue weighted by Gasteiger charge is -2.23. The number of guanidine groups is 1. The lowest BCUT2D eigenvalue weighted by Crippen LogP contribution is -2.44. The van der Waals surface area contributed by atoms with E-state index in [1.807, 2.05) is 24.6 Å². The third-order valence-electron chi connectivity index (χ3n) is 3.77. The highest BCUT2D eigenvalue weighted by Gasteiger charge is 2.31. The number of amides is 1.